The molecule has 0 radical (unpaired) electrons. The highest BCUT2D eigenvalue weighted by atomic mass is 32.2. The van der Waals surface area contributed by atoms with Crippen molar-refractivity contribution in [1.82, 2.24) is 20.2 Å². The molecule has 11 nitrogen and oxygen atoms in total. The van der Waals surface area contributed by atoms with Gasteiger partial charge in [-0.25, -0.2) is 9.78 Å². The van der Waals surface area contributed by atoms with Gasteiger partial charge in [-0.15, -0.1) is 34.9 Å². The van der Waals surface area contributed by atoms with Crippen LogP contribution in [0.1, 0.15) is 11.4 Å². The Morgan fingerprint density at radius 1 is 1.46 bits per heavy atom. The fourth-order valence-electron chi connectivity index (χ4n) is 3.44. The van der Waals surface area contributed by atoms with Gasteiger partial charge in [0.1, 0.15) is 29.9 Å². The first kappa shape index (κ1) is 24.8. The van der Waals surface area contributed by atoms with E-state index in [-0.39, 0.29) is 22.2 Å². The number of thioether (sulfide) groups is 2. The summed E-state index contributed by atoms with van der Waals surface area (Å²) in [5, 5.41) is 19.3. The minimum absolute atomic E-state index is 0.0407. The van der Waals surface area contributed by atoms with Crippen LogP contribution in [0.2, 0.25) is 0 Å². The van der Waals surface area contributed by atoms with Gasteiger partial charge in [-0.05, 0) is 29.2 Å². The minimum Gasteiger partial charge on any atom is -0.477 e. The number of pyridine rings is 1. The molecule has 4 rings (SSSR count). The second-order valence-corrected chi connectivity index (χ2v) is 10.1. The number of carbonyl (C=O) groups is 3. The highest BCUT2D eigenvalue weighted by Gasteiger charge is 2.54. The molecule has 2 amide bonds. The second-order valence-electron chi connectivity index (χ2n) is 7.18. The molecule has 1 unspecified atom stereocenters. The summed E-state index contributed by atoms with van der Waals surface area (Å²) < 4.78 is 0. The van der Waals surface area contributed by atoms with E-state index >= 15 is 0 Å². The molecule has 2 aromatic heterocycles. The lowest BCUT2D eigenvalue weighted by Crippen LogP contribution is -2.71. The van der Waals surface area contributed by atoms with E-state index in [0.29, 0.717) is 17.1 Å². The highest BCUT2D eigenvalue weighted by molar-refractivity contribution is 8.02. The molecular weight excluding hydrogens is 512 g/mol. The van der Waals surface area contributed by atoms with Crippen molar-refractivity contribution in [3.63, 3.8) is 0 Å². The predicted molar refractivity (Wildman–Crippen MR) is 135 cm³/mol. The number of aliphatic carboxylic acids is 1. The summed E-state index contributed by atoms with van der Waals surface area (Å²) in [7, 11) is 1.28. The van der Waals surface area contributed by atoms with Gasteiger partial charge in [0.15, 0.2) is 10.8 Å². The van der Waals surface area contributed by atoms with Crippen LogP contribution in [0, 0.1) is 0 Å². The van der Waals surface area contributed by atoms with Gasteiger partial charge < -0.3 is 21.0 Å². The van der Waals surface area contributed by atoms with E-state index in [0.717, 1.165) is 17.0 Å². The topological polar surface area (TPSA) is 160 Å². The van der Waals surface area contributed by atoms with Crippen LogP contribution in [0.5, 0.6) is 0 Å². The van der Waals surface area contributed by atoms with Crippen molar-refractivity contribution < 1.29 is 24.3 Å². The van der Waals surface area contributed by atoms with Crippen molar-refractivity contribution in [2.45, 2.75) is 11.4 Å². The Morgan fingerprint density at radius 2 is 2.29 bits per heavy atom. The van der Waals surface area contributed by atoms with Crippen molar-refractivity contribution in [2.75, 3.05) is 24.3 Å². The molecule has 1 saturated heterocycles. The molecule has 14 heteroatoms. The van der Waals surface area contributed by atoms with E-state index in [1.807, 2.05) is 29.7 Å². The molecule has 4 heterocycles. The summed E-state index contributed by atoms with van der Waals surface area (Å²) in [6.07, 6.45) is 3.52. The van der Waals surface area contributed by atoms with Gasteiger partial charge >= 0.3 is 5.97 Å². The zero-order valence-electron chi connectivity index (χ0n) is 18.3. The van der Waals surface area contributed by atoms with Crippen LogP contribution in [-0.4, -0.2) is 73.5 Å². The molecule has 4 N–H and O–H groups in total. The van der Waals surface area contributed by atoms with E-state index in [4.69, 9.17) is 10.6 Å². The van der Waals surface area contributed by atoms with Crippen LogP contribution < -0.4 is 11.1 Å². The molecule has 0 aromatic carbocycles. The van der Waals surface area contributed by atoms with Crippen LogP contribution in [0.15, 0.2) is 51.6 Å². The summed E-state index contributed by atoms with van der Waals surface area (Å²) in [5.74, 6) is -1.54. The molecule has 35 heavy (non-hydrogen) atoms. The van der Waals surface area contributed by atoms with Crippen molar-refractivity contribution in [2.24, 2.45) is 5.16 Å². The summed E-state index contributed by atoms with van der Waals surface area (Å²) in [6.45, 7) is 0. The van der Waals surface area contributed by atoms with Crippen LogP contribution in [0.4, 0.5) is 5.13 Å². The standard InChI is InChI=1S/C21H20N6O5S3/c1-32-26-14(13-10-35-21(22)24-13)17(28)25-15-18(29)27-16(20(30)31)11(9-34-19(15)27)8-33-7-5-12-4-2-3-6-23-12/h2-7,10,15,19H,8-9H2,1H3,(H2,22,24)(H,25,28)(H,30,31)/t15?,19-/m0/s1. The maximum atomic E-state index is 12.9. The molecular formula is C21H20N6O5S3. The number of nitrogens with two attached hydrogens (primary N) is 1. The normalized spacial score (nSPS) is 20.0. The number of oxime groups is 1. The van der Waals surface area contributed by atoms with E-state index in [1.165, 1.54) is 35.5 Å². The number of aromatic nitrogens is 2. The monoisotopic (exact) mass is 532 g/mol. The number of carboxylic acids is 1. The van der Waals surface area contributed by atoms with Crippen LogP contribution in [0.3, 0.4) is 0 Å². The number of rotatable bonds is 9. The molecule has 0 aliphatic carbocycles. The van der Waals surface area contributed by atoms with Gasteiger partial charge in [0, 0.05) is 23.1 Å². The van der Waals surface area contributed by atoms with Crippen molar-refractivity contribution >= 4 is 69.6 Å². The molecule has 2 aromatic rings. The first-order valence-corrected chi connectivity index (χ1v) is 13.1. The summed E-state index contributed by atoms with van der Waals surface area (Å²) in [6, 6.07) is 4.66. The molecule has 2 aliphatic heterocycles. The van der Waals surface area contributed by atoms with Gasteiger partial charge in [-0.2, -0.15) is 0 Å². The summed E-state index contributed by atoms with van der Waals surface area (Å²) in [5.41, 5.74) is 7.11. The zero-order chi connectivity index (χ0) is 24.9. The van der Waals surface area contributed by atoms with Gasteiger partial charge in [0.2, 0.25) is 0 Å². The number of nitrogens with zero attached hydrogens (tertiary/aromatic N) is 4. The van der Waals surface area contributed by atoms with E-state index in [9.17, 15) is 19.5 Å². The second kappa shape index (κ2) is 10.9. The van der Waals surface area contributed by atoms with Crippen LogP contribution in [-0.2, 0) is 19.2 Å². The number of carbonyl (C=O) groups excluding carboxylic acids is 2. The lowest BCUT2D eigenvalue weighted by molar-refractivity contribution is -0.150. The summed E-state index contributed by atoms with van der Waals surface area (Å²) >= 11 is 3.94. The maximum absolute atomic E-state index is 12.9. The first-order chi connectivity index (χ1) is 16.9. The van der Waals surface area contributed by atoms with Gasteiger partial charge in [-0.3, -0.25) is 19.5 Å². The van der Waals surface area contributed by atoms with E-state index in [2.05, 4.69) is 20.4 Å². The minimum atomic E-state index is -1.18. The predicted octanol–water partition coefficient (Wildman–Crippen LogP) is 1.61. The van der Waals surface area contributed by atoms with Gasteiger partial charge in [0.05, 0.1) is 5.69 Å². The molecule has 0 spiro atoms. The third kappa shape index (κ3) is 5.33. The molecule has 2 aliphatic rings. The lowest BCUT2D eigenvalue weighted by Gasteiger charge is -2.49. The fourth-order valence-corrected chi connectivity index (χ4v) is 6.23. The Morgan fingerprint density at radius 3 is 2.94 bits per heavy atom. The number of β-lactam (4-membered cyclic amide) rings is 1. The third-order valence-corrected chi connectivity index (χ3v) is 7.84. The van der Waals surface area contributed by atoms with E-state index < -0.39 is 29.2 Å². The number of anilines is 1. The maximum Gasteiger partial charge on any atom is 0.352 e. The average Bonchev–Trinajstić information content (AvgIpc) is 3.29. The van der Waals surface area contributed by atoms with Crippen LogP contribution in [0.25, 0.3) is 6.08 Å². The largest absolute Gasteiger partial charge is 0.477 e. The molecule has 182 valence electrons. The summed E-state index contributed by atoms with van der Waals surface area (Å²) in [4.78, 5) is 51.9. The highest BCUT2D eigenvalue weighted by Crippen LogP contribution is 2.41. The van der Waals surface area contributed by atoms with Crippen molar-refractivity contribution in [3.8, 4) is 0 Å². The SMILES string of the molecule is CON=C(C(=O)NC1C(=O)N2C(C(=O)O)=C(CSC=Cc3ccccn3)CS[C@@H]12)c1csc(N)n1. The molecule has 2 atom stereocenters. The Labute approximate surface area is 212 Å². The Bertz CT molecular complexity index is 1230. The van der Waals surface area contributed by atoms with Crippen LogP contribution >= 0.6 is 34.9 Å². The number of carboxylic acid groups (broad SMARTS) is 1. The zero-order valence-corrected chi connectivity index (χ0v) is 20.7. The number of fused-ring (bicyclic) bond motifs is 1. The number of thiazole rings is 1. The molecule has 0 bridgehead atoms. The molecule has 0 saturated carbocycles. The quantitative estimate of drug-likeness (QED) is 0.246. The molecule has 1 fully saturated rings. The first-order valence-electron chi connectivity index (χ1n) is 10.1. The number of nitrogen functional groups attached to an aromatic ring is 1. The number of nitrogens with one attached hydrogen (secondary N) is 1. The van der Waals surface area contributed by atoms with Crippen molar-refractivity contribution in [3.05, 3.63) is 57.8 Å². The number of hydrogen-bond acceptors (Lipinski definition) is 11. The smallest absolute Gasteiger partial charge is 0.352 e. The Hall–Kier alpha value is -3.36. The average molecular weight is 533 g/mol. The van der Waals surface area contributed by atoms with E-state index in [1.54, 1.807) is 11.6 Å². The third-order valence-electron chi connectivity index (χ3n) is 4.98. The van der Waals surface area contributed by atoms with Crippen molar-refractivity contribution in [1.29, 1.82) is 0 Å². The van der Waals surface area contributed by atoms with Gasteiger partial charge in [-0.1, -0.05) is 11.2 Å². The Kier molecular flexibility index (Phi) is 7.73. The van der Waals surface area contributed by atoms with Gasteiger partial charge in [0.25, 0.3) is 11.8 Å². The Balaban J connectivity index is 1.44. The fraction of sp³-hybridized carbons (Fsp3) is 0.238. The lowest BCUT2D eigenvalue weighted by atomic mass is 10.0. The number of hydrogen-bond donors (Lipinski definition) is 3. The number of amides is 2.